The SMILES string of the molecule is OCC(O)COc1ccc(N(c2ccc3ccccc3c2)c2ccc3ccccc3c2)cc1. The van der Waals surface area contributed by atoms with Crippen LogP contribution in [0.1, 0.15) is 0 Å². The molecule has 4 heteroatoms. The van der Waals surface area contributed by atoms with Gasteiger partial charge in [-0.15, -0.1) is 0 Å². The molecule has 0 spiro atoms. The van der Waals surface area contributed by atoms with Gasteiger partial charge < -0.3 is 19.8 Å². The number of aliphatic hydroxyl groups excluding tert-OH is 2. The molecule has 0 aromatic heterocycles. The Morgan fingerprint density at radius 2 is 1.09 bits per heavy atom. The second kappa shape index (κ2) is 9.33. The molecule has 0 bridgehead atoms. The van der Waals surface area contributed by atoms with E-state index in [1.54, 1.807) is 0 Å². The third-order valence-corrected chi connectivity index (χ3v) is 5.73. The lowest BCUT2D eigenvalue weighted by molar-refractivity contribution is 0.0536. The highest BCUT2D eigenvalue weighted by Gasteiger charge is 2.14. The first-order valence-electron chi connectivity index (χ1n) is 11.0. The molecule has 0 heterocycles. The molecule has 5 aromatic carbocycles. The Morgan fingerprint density at radius 3 is 1.61 bits per heavy atom. The zero-order valence-electron chi connectivity index (χ0n) is 18.1. The first kappa shape index (κ1) is 21.0. The number of fused-ring (bicyclic) bond motifs is 2. The van der Waals surface area contributed by atoms with Gasteiger partial charge in [0, 0.05) is 17.1 Å². The average molecular weight is 436 g/mol. The van der Waals surface area contributed by atoms with Crippen LogP contribution in [0.25, 0.3) is 21.5 Å². The summed E-state index contributed by atoms with van der Waals surface area (Å²) in [6.07, 6.45) is -0.892. The summed E-state index contributed by atoms with van der Waals surface area (Å²) in [5.74, 6) is 0.642. The molecule has 2 N–H and O–H groups in total. The van der Waals surface area contributed by atoms with Gasteiger partial charge >= 0.3 is 0 Å². The minimum absolute atomic E-state index is 0.0505. The van der Waals surface area contributed by atoms with Crippen molar-refractivity contribution in [2.75, 3.05) is 18.1 Å². The van der Waals surface area contributed by atoms with Crippen molar-refractivity contribution in [1.82, 2.24) is 0 Å². The van der Waals surface area contributed by atoms with E-state index < -0.39 is 6.10 Å². The molecule has 5 rings (SSSR count). The van der Waals surface area contributed by atoms with E-state index in [9.17, 15) is 5.11 Å². The number of anilines is 3. The lowest BCUT2D eigenvalue weighted by atomic mass is 10.1. The Balaban J connectivity index is 1.57. The lowest BCUT2D eigenvalue weighted by Crippen LogP contribution is -2.21. The molecule has 0 fully saturated rings. The molecule has 4 nitrogen and oxygen atoms in total. The first-order chi connectivity index (χ1) is 16.2. The first-order valence-corrected chi connectivity index (χ1v) is 11.0. The zero-order valence-corrected chi connectivity index (χ0v) is 18.1. The fourth-order valence-electron chi connectivity index (χ4n) is 4.02. The molecule has 164 valence electrons. The van der Waals surface area contributed by atoms with Gasteiger partial charge in [-0.1, -0.05) is 60.7 Å². The van der Waals surface area contributed by atoms with Gasteiger partial charge in [0.15, 0.2) is 0 Å². The van der Waals surface area contributed by atoms with Gasteiger partial charge in [-0.05, 0) is 70.1 Å². The number of hydrogen-bond acceptors (Lipinski definition) is 4. The monoisotopic (exact) mass is 435 g/mol. The fourth-order valence-corrected chi connectivity index (χ4v) is 4.02. The van der Waals surface area contributed by atoms with Gasteiger partial charge in [0.2, 0.25) is 0 Å². The van der Waals surface area contributed by atoms with E-state index in [-0.39, 0.29) is 13.2 Å². The van der Waals surface area contributed by atoms with Crippen LogP contribution in [0.3, 0.4) is 0 Å². The Kier molecular flexibility index (Phi) is 5.94. The van der Waals surface area contributed by atoms with E-state index in [1.165, 1.54) is 21.5 Å². The van der Waals surface area contributed by atoms with Crippen molar-refractivity contribution in [2.24, 2.45) is 0 Å². The molecule has 0 radical (unpaired) electrons. The molecule has 1 atom stereocenters. The molecule has 0 saturated heterocycles. The van der Waals surface area contributed by atoms with Crippen LogP contribution < -0.4 is 9.64 Å². The predicted octanol–water partition coefficient (Wildman–Crippen LogP) is 6.19. The largest absolute Gasteiger partial charge is 0.491 e. The van der Waals surface area contributed by atoms with Crippen molar-refractivity contribution in [2.45, 2.75) is 6.10 Å². The molecule has 0 amide bonds. The van der Waals surface area contributed by atoms with E-state index in [0.29, 0.717) is 5.75 Å². The van der Waals surface area contributed by atoms with Crippen LogP contribution in [0.15, 0.2) is 109 Å². The Bertz CT molecular complexity index is 1300. The van der Waals surface area contributed by atoms with Crippen molar-refractivity contribution in [3.63, 3.8) is 0 Å². The molecule has 0 aliphatic rings. The fraction of sp³-hybridized carbons (Fsp3) is 0.103. The normalized spacial score (nSPS) is 12.1. The minimum atomic E-state index is -0.892. The second-order valence-electron chi connectivity index (χ2n) is 8.04. The van der Waals surface area contributed by atoms with Crippen LogP contribution in [-0.4, -0.2) is 29.5 Å². The highest BCUT2D eigenvalue weighted by Crippen LogP contribution is 2.38. The molecule has 0 aliphatic heterocycles. The quantitative estimate of drug-likeness (QED) is 0.320. The van der Waals surface area contributed by atoms with E-state index in [1.807, 2.05) is 24.3 Å². The van der Waals surface area contributed by atoms with E-state index in [2.05, 4.69) is 89.8 Å². The van der Waals surface area contributed by atoms with Gasteiger partial charge in [0.05, 0.1) is 6.61 Å². The van der Waals surface area contributed by atoms with Crippen molar-refractivity contribution in [3.05, 3.63) is 109 Å². The average Bonchev–Trinajstić information content (AvgIpc) is 2.88. The summed E-state index contributed by atoms with van der Waals surface area (Å²) in [7, 11) is 0. The number of ether oxygens (including phenoxy) is 1. The molecule has 5 aromatic rings. The number of benzene rings is 5. The smallest absolute Gasteiger partial charge is 0.119 e. The molecular formula is C29H25NO3. The Labute approximate surface area is 192 Å². The summed E-state index contributed by atoms with van der Waals surface area (Å²) in [6, 6.07) is 37.4. The second-order valence-corrected chi connectivity index (χ2v) is 8.04. The Morgan fingerprint density at radius 1 is 0.606 bits per heavy atom. The predicted molar refractivity (Wildman–Crippen MR) is 135 cm³/mol. The molecule has 1 unspecified atom stereocenters. The molecular weight excluding hydrogens is 410 g/mol. The zero-order chi connectivity index (χ0) is 22.6. The number of nitrogens with zero attached hydrogens (tertiary/aromatic N) is 1. The van der Waals surface area contributed by atoms with Gasteiger partial charge in [-0.2, -0.15) is 0 Å². The van der Waals surface area contributed by atoms with Crippen molar-refractivity contribution >= 4 is 38.6 Å². The number of hydrogen-bond donors (Lipinski definition) is 2. The maximum absolute atomic E-state index is 9.55. The summed E-state index contributed by atoms with van der Waals surface area (Å²) in [4.78, 5) is 2.23. The summed E-state index contributed by atoms with van der Waals surface area (Å²) >= 11 is 0. The van der Waals surface area contributed by atoms with E-state index in [4.69, 9.17) is 9.84 Å². The van der Waals surface area contributed by atoms with Crippen molar-refractivity contribution < 1.29 is 14.9 Å². The molecule has 0 saturated carbocycles. The minimum Gasteiger partial charge on any atom is -0.491 e. The van der Waals surface area contributed by atoms with Crippen LogP contribution in [0.4, 0.5) is 17.1 Å². The Hall–Kier alpha value is -3.86. The molecule has 33 heavy (non-hydrogen) atoms. The third-order valence-electron chi connectivity index (χ3n) is 5.73. The van der Waals surface area contributed by atoms with Crippen LogP contribution >= 0.6 is 0 Å². The van der Waals surface area contributed by atoms with Gasteiger partial charge in [-0.25, -0.2) is 0 Å². The van der Waals surface area contributed by atoms with Gasteiger partial charge in [-0.3, -0.25) is 0 Å². The van der Waals surface area contributed by atoms with Gasteiger partial charge in [0.25, 0.3) is 0 Å². The standard InChI is InChI=1S/C29H25NO3/c31-19-28(32)20-33-29-15-13-25(14-16-29)30(26-11-9-21-5-1-3-7-23(21)17-26)27-12-10-22-6-2-4-8-24(22)18-27/h1-18,28,31-32H,19-20H2. The van der Waals surface area contributed by atoms with Crippen molar-refractivity contribution in [1.29, 1.82) is 0 Å². The maximum atomic E-state index is 9.55. The third kappa shape index (κ3) is 4.53. The van der Waals surface area contributed by atoms with E-state index in [0.717, 1.165) is 17.1 Å². The lowest BCUT2D eigenvalue weighted by Gasteiger charge is -2.26. The number of aliphatic hydroxyl groups is 2. The summed E-state index contributed by atoms with van der Waals surface area (Å²) in [5.41, 5.74) is 3.12. The maximum Gasteiger partial charge on any atom is 0.119 e. The van der Waals surface area contributed by atoms with Crippen LogP contribution in [0.2, 0.25) is 0 Å². The topological polar surface area (TPSA) is 52.9 Å². The highest BCUT2D eigenvalue weighted by atomic mass is 16.5. The summed E-state index contributed by atoms with van der Waals surface area (Å²) in [6.45, 7) is -0.273. The molecule has 0 aliphatic carbocycles. The van der Waals surface area contributed by atoms with Crippen LogP contribution in [0.5, 0.6) is 5.75 Å². The highest BCUT2D eigenvalue weighted by molar-refractivity contribution is 5.92. The van der Waals surface area contributed by atoms with Gasteiger partial charge in [0.1, 0.15) is 18.5 Å². The van der Waals surface area contributed by atoms with Crippen LogP contribution in [0, 0.1) is 0 Å². The summed E-state index contributed by atoms with van der Waals surface area (Å²) < 4.78 is 5.59. The summed E-state index contributed by atoms with van der Waals surface area (Å²) in [5, 5.41) is 23.3. The van der Waals surface area contributed by atoms with E-state index >= 15 is 0 Å². The number of rotatable bonds is 7. The van der Waals surface area contributed by atoms with Crippen molar-refractivity contribution in [3.8, 4) is 5.75 Å². The van der Waals surface area contributed by atoms with Crippen LogP contribution in [-0.2, 0) is 0 Å².